The summed E-state index contributed by atoms with van der Waals surface area (Å²) in [5.74, 6) is 0.354. The molecule has 1 fully saturated rings. The van der Waals surface area contributed by atoms with Crippen LogP contribution in [0.5, 0.6) is 0 Å². The molecule has 1 saturated heterocycles. The monoisotopic (exact) mass is 283 g/mol. The van der Waals surface area contributed by atoms with Crippen molar-refractivity contribution in [2.75, 3.05) is 32.7 Å². The smallest absolute Gasteiger partial charge is 0.222 e. The van der Waals surface area contributed by atoms with E-state index in [2.05, 4.69) is 23.6 Å². The first-order valence-corrected chi connectivity index (χ1v) is 8.44. The molecule has 1 unspecified atom stereocenters. The SMILES string of the molecule is CCCCCCC(=O)N1CCN(C(CC)CCN)CC1. The number of hydrogen-bond donors (Lipinski definition) is 1. The van der Waals surface area contributed by atoms with Gasteiger partial charge in [-0.05, 0) is 25.8 Å². The normalized spacial score (nSPS) is 18.2. The maximum atomic E-state index is 12.1. The number of rotatable bonds is 9. The van der Waals surface area contributed by atoms with Gasteiger partial charge in [0.1, 0.15) is 0 Å². The molecule has 1 rings (SSSR count). The van der Waals surface area contributed by atoms with E-state index in [1.165, 1.54) is 19.3 Å². The Hall–Kier alpha value is -0.610. The van der Waals surface area contributed by atoms with Gasteiger partial charge in [0.15, 0.2) is 0 Å². The predicted molar refractivity (Wildman–Crippen MR) is 84.7 cm³/mol. The van der Waals surface area contributed by atoms with Gasteiger partial charge in [-0.15, -0.1) is 0 Å². The molecule has 1 amide bonds. The number of carbonyl (C=O) groups is 1. The summed E-state index contributed by atoms with van der Waals surface area (Å²) in [5.41, 5.74) is 5.68. The molecule has 1 aliphatic heterocycles. The van der Waals surface area contributed by atoms with Crippen molar-refractivity contribution in [3.63, 3.8) is 0 Å². The lowest BCUT2D eigenvalue weighted by Crippen LogP contribution is -2.52. The van der Waals surface area contributed by atoms with Crippen LogP contribution in [-0.4, -0.2) is 54.5 Å². The summed E-state index contributed by atoms with van der Waals surface area (Å²) in [6.07, 6.45) is 7.68. The summed E-state index contributed by atoms with van der Waals surface area (Å²) < 4.78 is 0. The largest absolute Gasteiger partial charge is 0.340 e. The van der Waals surface area contributed by atoms with Crippen LogP contribution in [0, 0.1) is 0 Å². The number of nitrogens with two attached hydrogens (primary N) is 1. The standard InChI is InChI=1S/C16H33N3O/c1-3-5-6-7-8-16(20)19-13-11-18(12-14-19)15(4-2)9-10-17/h15H,3-14,17H2,1-2H3. The molecule has 0 aromatic carbocycles. The molecule has 0 saturated carbocycles. The zero-order valence-corrected chi connectivity index (χ0v) is 13.4. The first-order valence-electron chi connectivity index (χ1n) is 8.44. The van der Waals surface area contributed by atoms with Gasteiger partial charge in [0.05, 0.1) is 0 Å². The molecule has 20 heavy (non-hydrogen) atoms. The second kappa shape index (κ2) is 10.2. The van der Waals surface area contributed by atoms with Crippen molar-refractivity contribution in [1.29, 1.82) is 0 Å². The Balaban J connectivity index is 2.25. The molecule has 1 aliphatic rings. The van der Waals surface area contributed by atoms with Crippen LogP contribution >= 0.6 is 0 Å². The van der Waals surface area contributed by atoms with E-state index in [1.807, 2.05) is 0 Å². The molecule has 0 aromatic rings. The van der Waals surface area contributed by atoms with Crippen molar-refractivity contribution >= 4 is 5.91 Å². The molecule has 1 atom stereocenters. The van der Waals surface area contributed by atoms with Gasteiger partial charge in [-0.2, -0.15) is 0 Å². The van der Waals surface area contributed by atoms with Gasteiger partial charge in [-0.25, -0.2) is 0 Å². The molecule has 0 bridgehead atoms. The van der Waals surface area contributed by atoms with Crippen LogP contribution in [0.2, 0.25) is 0 Å². The first kappa shape index (κ1) is 17.4. The van der Waals surface area contributed by atoms with Gasteiger partial charge in [-0.1, -0.05) is 33.1 Å². The first-order chi connectivity index (χ1) is 9.72. The van der Waals surface area contributed by atoms with Gasteiger partial charge in [0.25, 0.3) is 0 Å². The van der Waals surface area contributed by atoms with Gasteiger partial charge in [0.2, 0.25) is 5.91 Å². The summed E-state index contributed by atoms with van der Waals surface area (Å²) in [5, 5.41) is 0. The molecule has 0 radical (unpaired) electrons. The second-order valence-corrected chi connectivity index (χ2v) is 5.87. The van der Waals surface area contributed by atoms with Crippen molar-refractivity contribution in [2.45, 2.75) is 64.8 Å². The summed E-state index contributed by atoms with van der Waals surface area (Å²) >= 11 is 0. The number of unbranched alkanes of at least 4 members (excludes halogenated alkanes) is 3. The highest BCUT2D eigenvalue weighted by molar-refractivity contribution is 5.76. The third-order valence-electron chi connectivity index (χ3n) is 4.40. The predicted octanol–water partition coefficient (Wildman–Crippen LogP) is 2.23. The van der Waals surface area contributed by atoms with Crippen LogP contribution in [0.1, 0.15) is 58.8 Å². The Morgan fingerprint density at radius 1 is 1.10 bits per heavy atom. The molecule has 1 heterocycles. The number of hydrogen-bond acceptors (Lipinski definition) is 3. The highest BCUT2D eigenvalue weighted by Crippen LogP contribution is 2.13. The number of nitrogens with zero attached hydrogens (tertiary/aromatic N) is 2. The minimum atomic E-state index is 0.354. The van der Waals surface area contributed by atoms with E-state index in [1.54, 1.807) is 0 Å². The van der Waals surface area contributed by atoms with E-state index in [4.69, 9.17) is 5.73 Å². The third kappa shape index (κ3) is 5.80. The molecule has 4 heteroatoms. The van der Waals surface area contributed by atoms with E-state index < -0.39 is 0 Å². The Kier molecular flexibility index (Phi) is 8.86. The fraction of sp³-hybridized carbons (Fsp3) is 0.938. The minimum absolute atomic E-state index is 0.354. The van der Waals surface area contributed by atoms with E-state index >= 15 is 0 Å². The quantitative estimate of drug-likeness (QED) is 0.660. The second-order valence-electron chi connectivity index (χ2n) is 5.87. The lowest BCUT2D eigenvalue weighted by Gasteiger charge is -2.39. The summed E-state index contributed by atoms with van der Waals surface area (Å²) in [6.45, 7) is 9.01. The fourth-order valence-corrected chi connectivity index (χ4v) is 3.03. The lowest BCUT2D eigenvalue weighted by molar-refractivity contribution is -0.133. The van der Waals surface area contributed by atoms with Crippen LogP contribution in [0.15, 0.2) is 0 Å². The number of carbonyl (C=O) groups excluding carboxylic acids is 1. The van der Waals surface area contributed by atoms with Crippen LogP contribution in [-0.2, 0) is 4.79 Å². The zero-order chi connectivity index (χ0) is 14.8. The number of amides is 1. The topological polar surface area (TPSA) is 49.6 Å². The highest BCUT2D eigenvalue weighted by Gasteiger charge is 2.24. The minimum Gasteiger partial charge on any atom is -0.340 e. The summed E-state index contributed by atoms with van der Waals surface area (Å²) in [7, 11) is 0. The maximum absolute atomic E-state index is 12.1. The van der Waals surface area contributed by atoms with Crippen molar-refractivity contribution in [2.24, 2.45) is 5.73 Å². The fourth-order valence-electron chi connectivity index (χ4n) is 3.03. The zero-order valence-electron chi connectivity index (χ0n) is 13.4. The van der Waals surface area contributed by atoms with Gasteiger partial charge >= 0.3 is 0 Å². The Bertz CT molecular complexity index is 262. The lowest BCUT2D eigenvalue weighted by atomic mass is 10.1. The summed E-state index contributed by atoms with van der Waals surface area (Å²) in [6, 6.07) is 0.599. The average Bonchev–Trinajstić information content (AvgIpc) is 2.49. The molecule has 118 valence electrons. The molecular weight excluding hydrogens is 250 g/mol. The van der Waals surface area contributed by atoms with Crippen LogP contribution < -0.4 is 5.73 Å². The third-order valence-corrected chi connectivity index (χ3v) is 4.40. The van der Waals surface area contributed by atoms with Gasteiger partial charge in [-0.3, -0.25) is 9.69 Å². The van der Waals surface area contributed by atoms with Crippen molar-refractivity contribution in [3.8, 4) is 0 Å². The molecular formula is C16H33N3O. The van der Waals surface area contributed by atoms with E-state index in [9.17, 15) is 4.79 Å². The highest BCUT2D eigenvalue weighted by atomic mass is 16.2. The number of piperazine rings is 1. The van der Waals surface area contributed by atoms with E-state index in [0.29, 0.717) is 11.9 Å². The van der Waals surface area contributed by atoms with Crippen molar-refractivity contribution in [3.05, 3.63) is 0 Å². The Morgan fingerprint density at radius 3 is 2.35 bits per heavy atom. The molecule has 0 aromatic heterocycles. The van der Waals surface area contributed by atoms with Crippen molar-refractivity contribution < 1.29 is 4.79 Å². The maximum Gasteiger partial charge on any atom is 0.222 e. The molecule has 2 N–H and O–H groups in total. The molecule has 0 spiro atoms. The average molecular weight is 283 g/mol. The van der Waals surface area contributed by atoms with Gasteiger partial charge in [0, 0.05) is 38.6 Å². The van der Waals surface area contributed by atoms with Gasteiger partial charge < -0.3 is 10.6 Å². The molecule has 4 nitrogen and oxygen atoms in total. The Morgan fingerprint density at radius 2 is 1.80 bits per heavy atom. The van der Waals surface area contributed by atoms with E-state index in [-0.39, 0.29) is 0 Å². The van der Waals surface area contributed by atoms with Crippen LogP contribution in [0.4, 0.5) is 0 Å². The molecule has 0 aliphatic carbocycles. The van der Waals surface area contributed by atoms with Crippen LogP contribution in [0.25, 0.3) is 0 Å². The Labute approximate surface area is 124 Å². The van der Waals surface area contributed by atoms with Crippen molar-refractivity contribution in [1.82, 2.24) is 9.80 Å². The summed E-state index contributed by atoms with van der Waals surface area (Å²) in [4.78, 5) is 16.7. The van der Waals surface area contributed by atoms with E-state index in [0.717, 1.165) is 58.4 Å². The van der Waals surface area contributed by atoms with Crippen LogP contribution in [0.3, 0.4) is 0 Å².